The van der Waals surface area contributed by atoms with Gasteiger partial charge in [-0.3, -0.25) is 4.79 Å². The van der Waals surface area contributed by atoms with Crippen molar-refractivity contribution in [2.45, 2.75) is 39.7 Å². The van der Waals surface area contributed by atoms with Crippen molar-refractivity contribution >= 4 is 5.97 Å². The van der Waals surface area contributed by atoms with Gasteiger partial charge in [0.2, 0.25) is 0 Å². The predicted octanol–water partition coefficient (Wildman–Crippen LogP) is 2.23. The summed E-state index contributed by atoms with van der Waals surface area (Å²) in [5.74, 6) is -1.01. The molecule has 5 heteroatoms. The molecule has 1 aromatic heterocycles. The van der Waals surface area contributed by atoms with Crippen LogP contribution >= 0.6 is 0 Å². The van der Waals surface area contributed by atoms with Crippen LogP contribution in [0.3, 0.4) is 0 Å². The molecule has 0 radical (unpaired) electrons. The highest BCUT2D eigenvalue weighted by Gasteiger charge is 2.11. The van der Waals surface area contributed by atoms with E-state index in [9.17, 15) is 9.59 Å². The molecule has 1 heterocycles. The molecule has 0 fully saturated rings. The first-order valence-corrected chi connectivity index (χ1v) is 7.17. The number of rotatable bonds is 8. The molecule has 112 valence electrons. The van der Waals surface area contributed by atoms with Crippen molar-refractivity contribution in [3.05, 3.63) is 34.2 Å². The van der Waals surface area contributed by atoms with Gasteiger partial charge in [-0.15, -0.1) is 0 Å². The number of hydrogen-bond acceptors (Lipinski definition) is 3. The molecule has 5 nitrogen and oxygen atoms in total. The summed E-state index contributed by atoms with van der Waals surface area (Å²) in [6.45, 7) is 9.28. The topological polar surface area (TPSA) is 62.5 Å². The van der Waals surface area contributed by atoms with E-state index >= 15 is 0 Å². The second kappa shape index (κ2) is 7.85. The Morgan fingerprint density at radius 2 is 2.00 bits per heavy atom. The van der Waals surface area contributed by atoms with Crippen molar-refractivity contribution in [3.8, 4) is 0 Å². The van der Waals surface area contributed by atoms with Gasteiger partial charge in [0.25, 0.3) is 5.56 Å². The minimum atomic E-state index is -1.01. The minimum Gasteiger partial charge on any atom is -0.478 e. The Balaban J connectivity index is 2.67. The Bertz CT molecular complexity index is 492. The van der Waals surface area contributed by atoms with Gasteiger partial charge in [-0.05, 0) is 45.5 Å². The Morgan fingerprint density at radius 1 is 1.35 bits per heavy atom. The minimum absolute atomic E-state index is 0.0114. The lowest BCUT2D eigenvalue weighted by Crippen LogP contribution is -2.26. The van der Waals surface area contributed by atoms with Crippen LogP contribution in [0, 0.1) is 0 Å². The molecule has 0 aliphatic heterocycles. The van der Waals surface area contributed by atoms with Crippen LogP contribution in [0.5, 0.6) is 0 Å². The first-order chi connectivity index (χ1) is 9.49. The fourth-order valence-electron chi connectivity index (χ4n) is 2.26. The Morgan fingerprint density at radius 3 is 2.55 bits per heavy atom. The number of aromatic carboxylic acids is 1. The monoisotopic (exact) mass is 280 g/mol. The van der Waals surface area contributed by atoms with Crippen LogP contribution in [0.2, 0.25) is 0 Å². The zero-order chi connectivity index (χ0) is 15.1. The van der Waals surface area contributed by atoms with Gasteiger partial charge in [-0.25, -0.2) is 4.79 Å². The number of carboxylic acid groups (broad SMARTS) is 1. The molecular weight excluding hydrogens is 256 g/mol. The molecule has 1 unspecified atom stereocenters. The van der Waals surface area contributed by atoms with Gasteiger partial charge in [0.1, 0.15) is 0 Å². The first kappa shape index (κ1) is 16.4. The van der Waals surface area contributed by atoms with E-state index in [1.54, 1.807) is 0 Å². The van der Waals surface area contributed by atoms with Gasteiger partial charge >= 0.3 is 5.97 Å². The highest BCUT2D eigenvalue weighted by molar-refractivity contribution is 5.87. The Hall–Kier alpha value is -1.62. The second-order valence-electron chi connectivity index (χ2n) is 4.99. The third-order valence-corrected chi connectivity index (χ3v) is 3.65. The molecule has 0 aromatic carbocycles. The molecule has 0 saturated carbocycles. The van der Waals surface area contributed by atoms with E-state index in [1.165, 1.54) is 22.9 Å². The van der Waals surface area contributed by atoms with E-state index in [0.717, 1.165) is 32.5 Å². The zero-order valence-electron chi connectivity index (χ0n) is 12.5. The van der Waals surface area contributed by atoms with Crippen LogP contribution in [0.15, 0.2) is 23.1 Å². The van der Waals surface area contributed by atoms with E-state index in [0.29, 0.717) is 0 Å². The summed E-state index contributed by atoms with van der Waals surface area (Å²) < 4.78 is 1.52. The summed E-state index contributed by atoms with van der Waals surface area (Å²) in [5, 5.41) is 8.97. The Labute approximate surface area is 119 Å². The molecule has 0 aliphatic rings. The Kier molecular flexibility index (Phi) is 6.45. The van der Waals surface area contributed by atoms with E-state index in [1.807, 2.05) is 6.92 Å². The van der Waals surface area contributed by atoms with Crippen LogP contribution in [-0.4, -0.2) is 40.2 Å². The quantitative estimate of drug-likeness (QED) is 0.793. The normalized spacial score (nSPS) is 12.6. The molecule has 20 heavy (non-hydrogen) atoms. The number of carboxylic acids is 1. The van der Waals surface area contributed by atoms with E-state index in [2.05, 4.69) is 18.7 Å². The lowest BCUT2D eigenvalue weighted by Gasteiger charge is -2.20. The summed E-state index contributed by atoms with van der Waals surface area (Å²) in [6.07, 6.45) is 3.29. The zero-order valence-corrected chi connectivity index (χ0v) is 12.5. The number of aromatic nitrogens is 1. The molecule has 1 aromatic rings. The van der Waals surface area contributed by atoms with Crippen LogP contribution < -0.4 is 5.56 Å². The summed E-state index contributed by atoms with van der Waals surface area (Å²) in [7, 11) is 0. The third-order valence-electron chi connectivity index (χ3n) is 3.65. The molecule has 1 atom stereocenters. The smallest absolute Gasteiger partial charge is 0.337 e. The second-order valence-corrected chi connectivity index (χ2v) is 4.99. The van der Waals surface area contributed by atoms with Gasteiger partial charge in [-0.1, -0.05) is 13.8 Å². The molecular formula is C15H24N2O3. The van der Waals surface area contributed by atoms with Crippen LogP contribution in [0.25, 0.3) is 0 Å². The van der Waals surface area contributed by atoms with Gasteiger partial charge in [0.05, 0.1) is 5.56 Å². The molecule has 0 spiro atoms. The van der Waals surface area contributed by atoms with Crippen LogP contribution in [0.1, 0.15) is 50.0 Å². The standard InChI is InChI=1S/C15H24N2O3/c1-4-16(5-2)10-6-7-12(3)17-11-13(15(19)20)8-9-14(17)18/h8-9,11-12H,4-7,10H2,1-3H3,(H,19,20). The van der Waals surface area contributed by atoms with Crippen molar-refractivity contribution < 1.29 is 9.90 Å². The molecule has 0 bridgehead atoms. The maximum absolute atomic E-state index is 11.8. The van der Waals surface area contributed by atoms with Gasteiger partial charge in [-0.2, -0.15) is 0 Å². The van der Waals surface area contributed by atoms with Crippen molar-refractivity contribution in [2.24, 2.45) is 0 Å². The summed E-state index contributed by atoms with van der Waals surface area (Å²) >= 11 is 0. The van der Waals surface area contributed by atoms with Crippen molar-refractivity contribution in [1.29, 1.82) is 0 Å². The average Bonchev–Trinajstić information content (AvgIpc) is 2.43. The fourth-order valence-corrected chi connectivity index (χ4v) is 2.26. The lowest BCUT2D eigenvalue weighted by molar-refractivity contribution is 0.0695. The number of nitrogens with zero attached hydrogens (tertiary/aromatic N) is 2. The maximum Gasteiger partial charge on any atom is 0.337 e. The summed E-state index contributed by atoms with van der Waals surface area (Å²) in [6, 6.07) is 2.69. The largest absolute Gasteiger partial charge is 0.478 e. The first-order valence-electron chi connectivity index (χ1n) is 7.17. The van der Waals surface area contributed by atoms with Crippen molar-refractivity contribution in [2.75, 3.05) is 19.6 Å². The predicted molar refractivity (Wildman–Crippen MR) is 79.4 cm³/mol. The number of pyridine rings is 1. The van der Waals surface area contributed by atoms with Crippen molar-refractivity contribution in [3.63, 3.8) is 0 Å². The van der Waals surface area contributed by atoms with E-state index in [4.69, 9.17) is 5.11 Å². The average molecular weight is 280 g/mol. The van der Waals surface area contributed by atoms with Gasteiger partial charge < -0.3 is 14.6 Å². The lowest BCUT2D eigenvalue weighted by atomic mass is 10.1. The van der Waals surface area contributed by atoms with Crippen molar-refractivity contribution in [1.82, 2.24) is 9.47 Å². The maximum atomic E-state index is 11.8. The third kappa shape index (κ3) is 4.49. The molecule has 1 N–H and O–H groups in total. The SMILES string of the molecule is CCN(CC)CCCC(C)n1cc(C(=O)O)ccc1=O. The fraction of sp³-hybridized carbons (Fsp3) is 0.600. The number of carbonyl (C=O) groups is 1. The molecule has 0 amide bonds. The molecule has 0 aliphatic carbocycles. The number of hydrogen-bond donors (Lipinski definition) is 1. The van der Waals surface area contributed by atoms with Crippen LogP contribution in [0.4, 0.5) is 0 Å². The van der Waals surface area contributed by atoms with E-state index in [-0.39, 0.29) is 17.2 Å². The van der Waals surface area contributed by atoms with Crippen LogP contribution in [-0.2, 0) is 0 Å². The van der Waals surface area contributed by atoms with Gasteiger partial charge in [0, 0.05) is 18.3 Å². The summed E-state index contributed by atoms with van der Waals surface area (Å²) in [4.78, 5) is 25.1. The van der Waals surface area contributed by atoms with E-state index < -0.39 is 5.97 Å². The molecule has 1 rings (SSSR count). The highest BCUT2D eigenvalue weighted by atomic mass is 16.4. The highest BCUT2D eigenvalue weighted by Crippen LogP contribution is 2.12. The summed E-state index contributed by atoms with van der Waals surface area (Å²) in [5.41, 5.74) is 0.00512. The van der Waals surface area contributed by atoms with Gasteiger partial charge in [0.15, 0.2) is 0 Å². The molecule has 0 saturated heterocycles.